The van der Waals surface area contributed by atoms with E-state index in [1.807, 2.05) is 0 Å². The van der Waals surface area contributed by atoms with Crippen LogP contribution >= 0.6 is 0 Å². The van der Waals surface area contributed by atoms with Crippen LogP contribution in [0.4, 0.5) is 0 Å². The molecule has 94 valence electrons. The summed E-state index contributed by atoms with van der Waals surface area (Å²) >= 11 is 0. The van der Waals surface area contributed by atoms with Gasteiger partial charge in [0.1, 0.15) is 0 Å². The number of allylic oxidation sites excluding steroid dienone is 2. The highest BCUT2D eigenvalue weighted by atomic mass is 14.2. The van der Waals surface area contributed by atoms with Crippen molar-refractivity contribution in [2.24, 2.45) is 0 Å². The molecular weight excluding hydrogens is 218 g/mol. The summed E-state index contributed by atoms with van der Waals surface area (Å²) in [5.74, 6) is 0. The molecule has 0 bridgehead atoms. The van der Waals surface area contributed by atoms with E-state index < -0.39 is 0 Å². The van der Waals surface area contributed by atoms with Crippen molar-refractivity contribution in [3.63, 3.8) is 0 Å². The van der Waals surface area contributed by atoms with E-state index in [4.69, 9.17) is 5.26 Å². The Morgan fingerprint density at radius 1 is 1.06 bits per heavy atom. The average Bonchev–Trinajstić information content (AvgIpc) is 2.45. The quantitative estimate of drug-likeness (QED) is 0.693. The molecular formula is C17H21N. The van der Waals surface area contributed by atoms with Gasteiger partial charge in [0, 0.05) is 6.42 Å². The van der Waals surface area contributed by atoms with Crippen molar-refractivity contribution < 1.29 is 0 Å². The lowest BCUT2D eigenvalue weighted by molar-refractivity contribution is 0.587. The molecule has 1 aromatic carbocycles. The van der Waals surface area contributed by atoms with E-state index in [0.29, 0.717) is 6.42 Å². The third-order valence-corrected chi connectivity index (χ3v) is 3.76. The molecule has 0 aliphatic heterocycles. The minimum Gasteiger partial charge on any atom is -0.198 e. The van der Waals surface area contributed by atoms with Gasteiger partial charge >= 0.3 is 0 Å². The van der Waals surface area contributed by atoms with Crippen molar-refractivity contribution >= 4 is 0 Å². The number of nitrogens with zero attached hydrogens (tertiary/aromatic N) is 1. The number of nitriles is 1. The van der Waals surface area contributed by atoms with Gasteiger partial charge in [0.2, 0.25) is 0 Å². The predicted molar refractivity (Wildman–Crippen MR) is 75.1 cm³/mol. The first-order valence-electron chi connectivity index (χ1n) is 7.01. The van der Waals surface area contributed by atoms with E-state index >= 15 is 0 Å². The van der Waals surface area contributed by atoms with E-state index in [-0.39, 0.29) is 0 Å². The molecule has 0 radical (unpaired) electrons. The van der Waals surface area contributed by atoms with Crippen molar-refractivity contribution in [2.75, 3.05) is 0 Å². The largest absolute Gasteiger partial charge is 0.198 e. The SMILES string of the molecule is N#CCCC(Cc1ccccc1)=C1CCCCC1. The van der Waals surface area contributed by atoms with Crippen LogP contribution in [0.1, 0.15) is 50.5 Å². The highest BCUT2D eigenvalue weighted by molar-refractivity contribution is 5.26. The highest BCUT2D eigenvalue weighted by Crippen LogP contribution is 2.29. The second kappa shape index (κ2) is 7.01. The number of benzene rings is 1. The number of hydrogen-bond acceptors (Lipinski definition) is 1. The van der Waals surface area contributed by atoms with E-state index in [1.165, 1.54) is 43.2 Å². The van der Waals surface area contributed by atoms with Crippen molar-refractivity contribution in [3.8, 4) is 6.07 Å². The molecule has 0 atom stereocenters. The normalized spacial score (nSPS) is 15.2. The van der Waals surface area contributed by atoms with Gasteiger partial charge in [-0.05, 0) is 44.1 Å². The average molecular weight is 239 g/mol. The number of hydrogen-bond donors (Lipinski definition) is 0. The summed E-state index contributed by atoms with van der Waals surface area (Å²) in [6.45, 7) is 0. The summed E-state index contributed by atoms with van der Waals surface area (Å²) in [6, 6.07) is 12.9. The zero-order valence-corrected chi connectivity index (χ0v) is 11.0. The molecule has 0 unspecified atom stereocenters. The smallest absolute Gasteiger partial charge is 0.0625 e. The molecule has 1 fully saturated rings. The second-order valence-electron chi connectivity index (χ2n) is 5.09. The Kier molecular flexibility index (Phi) is 5.02. The summed E-state index contributed by atoms with van der Waals surface area (Å²) in [5, 5.41) is 8.81. The maximum Gasteiger partial charge on any atom is 0.0625 e. The predicted octanol–water partition coefficient (Wildman–Crippen LogP) is 4.79. The molecule has 1 nitrogen and oxygen atoms in total. The van der Waals surface area contributed by atoms with Gasteiger partial charge in [0.15, 0.2) is 0 Å². The van der Waals surface area contributed by atoms with Crippen molar-refractivity contribution in [1.29, 1.82) is 5.26 Å². The molecule has 0 aromatic heterocycles. The first-order valence-corrected chi connectivity index (χ1v) is 7.01. The maximum atomic E-state index is 8.81. The molecule has 18 heavy (non-hydrogen) atoms. The van der Waals surface area contributed by atoms with E-state index in [1.54, 1.807) is 5.57 Å². The zero-order valence-electron chi connectivity index (χ0n) is 11.0. The molecule has 0 spiro atoms. The van der Waals surface area contributed by atoms with Crippen LogP contribution in [0, 0.1) is 11.3 Å². The van der Waals surface area contributed by atoms with Crippen LogP contribution in [0.3, 0.4) is 0 Å². The summed E-state index contributed by atoms with van der Waals surface area (Å²) < 4.78 is 0. The van der Waals surface area contributed by atoms with Crippen molar-refractivity contribution in [2.45, 2.75) is 51.4 Å². The Balaban J connectivity index is 2.12. The van der Waals surface area contributed by atoms with Gasteiger partial charge in [-0.2, -0.15) is 5.26 Å². The first kappa shape index (κ1) is 12.9. The fraction of sp³-hybridized carbons (Fsp3) is 0.471. The Bertz CT molecular complexity index is 428. The molecule has 0 saturated heterocycles. The first-order chi connectivity index (χ1) is 8.90. The molecule has 0 amide bonds. The van der Waals surface area contributed by atoms with Crippen LogP contribution in [0.2, 0.25) is 0 Å². The van der Waals surface area contributed by atoms with Crippen LogP contribution in [0.5, 0.6) is 0 Å². The molecule has 1 aromatic rings. The van der Waals surface area contributed by atoms with Gasteiger partial charge in [0.05, 0.1) is 6.07 Å². The van der Waals surface area contributed by atoms with Crippen molar-refractivity contribution in [3.05, 3.63) is 47.0 Å². The summed E-state index contributed by atoms with van der Waals surface area (Å²) in [5.41, 5.74) is 4.55. The van der Waals surface area contributed by atoms with Gasteiger partial charge < -0.3 is 0 Å². The fourth-order valence-electron chi connectivity index (χ4n) is 2.77. The van der Waals surface area contributed by atoms with E-state index in [0.717, 1.165) is 12.8 Å². The lowest BCUT2D eigenvalue weighted by Gasteiger charge is -2.19. The van der Waals surface area contributed by atoms with Crippen LogP contribution < -0.4 is 0 Å². The van der Waals surface area contributed by atoms with Gasteiger partial charge in [-0.1, -0.05) is 47.9 Å². The molecule has 2 rings (SSSR count). The highest BCUT2D eigenvalue weighted by Gasteiger charge is 2.11. The standard InChI is InChI=1S/C17H21N/c18-13-7-12-17(16-10-5-2-6-11-16)14-15-8-3-1-4-9-15/h1,3-4,8-9H,2,5-7,10-12,14H2. The van der Waals surface area contributed by atoms with Crippen LogP contribution in [-0.2, 0) is 6.42 Å². The molecule has 1 aliphatic carbocycles. The number of rotatable bonds is 4. The Morgan fingerprint density at radius 3 is 2.44 bits per heavy atom. The summed E-state index contributed by atoms with van der Waals surface area (Å²) in [6.07, 6.45) is 9.21. The van der Waals surface area contributed by atoms with Gasteiger partial charge in [-0.25, -0.2) is 0 Å². The van der Waals surface area contributed by atoms with Gasteiger partial charge in [-0.15, -0.1) is 0 Å². The Hall–Kier alpha value is -1.55. The third kappa shape index (κ3) is 3.74. The zero-order chi connectivity index (χ0) is 12.6. The lowest BCUT2D eigenvalue weighted by Crippen LogP contribution is -2.02. The van der Waals surface area contributed by atoms with Crippen LogP contribution in [0.25, 0.3) is 0 Å². The summed E-state index contributed by atoms with van der Waals surface area (Å²) in [4.78, 5) is 0. The van der Waals surface area contributed by atoms with Crippen molar-refractivity contribution in [1.82, 2.24) is 0 Å². The van der Waals surface area contributed by atoms with Crippen LogP contribution in [-0.4, -0.2) is 0 Å². The van der Waals surface area contributed by atoms with E-state index in [9.17, 15) is 0 Å². The minimum absolute atomic E-state index is 0.658. The van der Waals surface area contributed by atoms with E-state index in [2.05, 4.69) is 36.4 Å². The molecule has 0 N–H and O–H groups in total. The molecule has 1 aliphatic rings. The summed E-state index contributed by atoms with van der Waals surface area (Å²) in [7, 11) is 0. The third-order valence-electron chi connectivity index (χ3n) is 3.76. The van der Waals surface area contributed by atoms with Gasteiger partial charge in [0.25, 0.3) is 0 Å². The maximum absolute atomic E-state index is 8.81. The molecule has 0 heterocycles. The molecule has 1 heteroatoms. The van der Waals surface area contributed by atoms with Gasteiger partial charge in [-0.3, -0.25) is 0 Å². The molecule has 1 saturated carbocycles. The lowest BCUT2D eigenvalue weighted by atomic mass is 9.87. The second-order valence-corrected chi connectivity index (χ2v) is 5.09. The fourth-order valence-corrected chi connectivity index (χ4v) is 2.77. The monoisotopic (exact) mass is 239 g/mol. The Labute approximate surface area is 110 Å². The van der Waals surface area contributed by atoms with Crippen LogP contribution in [0.15, 0.2) is 41.5 Å². The topological polar surface area (TPSA) is 23.8 Å². The Morgan fingerprint density at radius 2 is 1.78 bits per heavy atom. The minimum atomic E-state index is 0.658.